The molecule has 3 nitrogen and oxygen atoms in total. The zero-order valence-corrected chi connectivity index (χ0v) is 12.6. The van der Waals surface area contributed by atoms with Crippen molar-refractivity contribution in [3.05, 3.63) is 50.2 Å². The number of fused-ring (bicyclic) bond motifs is 1. The van der Waals surface area contributed by atoms with Crippen molar-refractivity contribution in [2.45, 2.75) is 20.4 Å². The number of benzene rings is 1. The molecule has 0 atom stereocenters. The highest BCUT2D eigenvalue weighted by Crippen LogP contribution is 2.35. The van der Waals surface area contributed by atoms with Crippen LogP contribution in [-0.4, -0.2) is 11.7 Å². The van der Waals surface area contributed by atoms with E-state index in [1.54, 1.807) is 17.0 Å². The average molecular weight is 306 g/mol. The number of Topliss-reactive ketones (excluding diaryl/α,β-unsaturated/α-hetero) is 1. The molecule has 3 rings (SSSR count). The summed E-state index contributed by atoms with van der Waals surface area (Å²) >= 11 is 7.33. The quantitative estimate of drug-likeness (QED) is 0.792. The summed E-state index contributed by atoms with van der Waals surface area (Å²) < 4.78 is 0.679. The van der Waals surface area contributed by atoms with E-state index in [9.17, 15) is 9.59 Å². The lowest BCUT2D eigenvalue weighted by atomic mass is 10.0. The summed E-state index contributed by atoms with van der Waals surface area (Å²) in [5, 5.41) is 0. The van der Waals surface area contributed by atoms with Gasteiger partial charge in [-0.05, 0) is 43.2 Å². The lowest BCUT2D eigenvalue weighted by Crippen LogP contribution is -2.29. The first kappa shape index (κ1) is 13.3. The maximum absolute atomic E-state index is 12.2. The van der Waals surface area contributed by atoms with Gasteiger partial charge in [0.1, 0.15) is 0 Å². The highest BCUT2D eigenvalue weighted by atomic mass is 35.5. The Morgan fingerprint density at radius 2 is 1.95 bits per heavy atom. The molecule has 1 amide bonds. The summed E-state index contributed by atoms with van der Waals surface area (Å²) in [5.41, 5.74) is 3.18. The number of hydrogen-bond acceptors (Lipinski definition) is 3. The first-order valence-electron chi connectivity index (χ1n) is 6.19. The third-order valence-electron chi connectivity index (χ3n) is 3.34. The molecule has 2 aromatic rings. The Balaban J connectivity index is 2.06. The number of halogens is 1. The largest absolute Gasteiger partial charge is 0.299 e. The van der Waals surface area contributed by atoms with E-state index >= 15 is 0 Å². The van der Waals surface area contributed by atoms with Crippen LogP contribution in [-0.2, 0) is 11.3 Å². The molecule has 0 spiro atoms. The van der Waals surface area contributed by atoms with Crippen LogP contribution in [0.3, 0.4) is 0 Å². The van der Waals surface area contributed by atoms with Gasteiger partial charge in [0.15, 0.2) is 0 Å². The van der Waals surface area contributed by atoms with Gasteiger partial charge in [-0.3, -0.25) is 14.5 Å². The van der Waals surface area contributed by atoms with E-state index in [4.69, 9.17) is 11.6 Å². The molecule has 0 aliphatic carbocycles. The van der Waals surface area contributed by atoms with Gasteiger partial charge in [-0.2, -0.15) is 0 Å². The van der Waals surface area contributed by atoms with Crippen molar-refractivity contribution in [3.63, 3.8) is 0 Å². The van der Waals surface area contributed by atoms with E-state index in [1.165, 1.54) is 11.3 Å². The molecule has 0 N–H and O–H groups in total. The summed E-state index contributed by atoms with van der Waals surface area (Å²) in [6, 6.07) is 7.45. The Morgan fingerprint density at radius 1 is 1.20 bits per heavy atom. The van der Waals surface area contributed by atoms with Crippen molar-refractivity contribution in [1.82, 2.24) is 0 Å². The summed E-state index contributed by atoms with van der Waals surface area (Å²) in [4.78, 5) is 26.8. The molecule has 1 aliphatic rings. The van der Waals surface area contributed by atoms with Crippen LogP contribution in [0.1, 0.15) is 26.4 Å². The lowest BCUT2D eigenvalue weighted by molar-refractivity contribution is -0.114. The van der Waals surface area contributed by atoms with Gasteiger partial charge in [0.2, 0.25) is 0 Å². The summed E-state index contributed by atoms with van der Waals surface area (Å²) in [5.74, 6) is -0.882. The minimum Gasteiger partial charge on any atom is -0.299 e. The lowest BCUT2D eigenvalue weighted by Gasteiger charge is -2.17. The van der Waals surface area contributed by atoms with Crippen LogP contribution in [0, 0.1) is 13.8 Å². The fraction of sp³-hybridized carbons (Fsp3) is 0.200. The molecule has 1 aromatic heterocycles. The second-order valence-electron chi connectivity index (χ2n) is 4.90. The highest BCUT2D eigenvalue weighted by Gasteiger charge is 2.37. The van der Waals surface area contributed by atoms with Crippen molar-refractivity contribution in [2.24, 2.45) is 0 Å². The Labute approximate surface area is 125 Å². The smallest absolute Gasteiger partial charge is 0.299 e. The third kappa shape index (κ3) is 2.05. The zero-order valence-electron chi connectivity index (χ0n) is 11.1. The molecular formula is C15H12ClNO2S. The highest BCUT2D eigenvalue weighted by molar-refractivity contribution is 7.16. The van der Waals surface area contributed by atoms with Crippen molar-refractivity contribution < 1.29 is 9.59 Å². The van der Waals surface area contributed by atoms with Crippen LogP contribution in [0.15, 0.2) is 24.3 Å². The minimum atomic E-state index is -0.460. The van der Waals surface area contributed by atoms with Gasteiger partial charge in [-0.1, -0.05) is 17.7 Å². The minimum absolute atomic E-state index is 0.388. The van der Waals surface area contributed by atoms with Crippen LogP contribution in [0.25, 0.3) is 0 Å². The molecule has 20 heavy (non-hydrogen) atoms. The summed E-state index contributed by atoms with van der Waals surface area (Å²) in [7, 11) is 0. The van der Waals surface area contributed by atoms with Crippen LogP contribution < -0.4 is 4.90 Å². The van der Waals surface area contributed by atoms with E-state index in [0.717, 1.165) is 21.7 Å². The van der Waals surface area contributed by atoms with Gasteiger partial charge in [-0.25, -0.2) is 0 Å². The van der Waals surface area contributed by atoms with Crippen LogP contribution in [0.4, 0.5) is 5.69 Å². The standard InChI is InChI=1S/C15H12ClNO2S/c1-8-5-9(2)13-11(6-8)14(18)15(19)17(13)7-10-3-4-12(16)20-10/h3-6H,7H2,1-2H3. The number of carbonyl (C=O) groups is 2. The van der Waals surface area contributed by atoms with Crippen molar-refractivity contribution in [3.8, 4) is 0 Å². The first-order valence-corrected chi connectivity index (χ1v) is 7.38. The topological polar surface area (TPSA) is 37.4 Å². The molecule has 0 radical (unpaired) electrons. The monoisotopic (exact) mass is 305 g/mol. The zero-order chi connectivity index (χ0) is 14.4. The van der Waals surface area contributed by atoms with Crippen LogP contribution >= 0.6 is 22.9 Å². The van der Waals surface area contributed by atoms with E-state index in [1.807, 2.05) is 26.0 Å². The van der Waals surface area contributed by atoms with E-state index in [0.29, 0.717) is 16.4 Å². The van der Waals surface area contributed by atoms with Gasteiger partial charge in [0.25, 0.3) is 11.7 Å². The van der Waals surface area contributed by atoms with Crippen molar-refractivity contribution in [1.29, 1.82) is 0 Å². The van der Waals surface area contributed by atoms with Crippen molar-refractivity contribution in [2.75, 3.05) is 4.90 Å². The van der Waals surface area contributed by atoms with E-state index < -0.39 is 11.7 Å². The molecule has 0 saturated carbocycles. The molecule has 0 fully saturated rings. The number of thiophene rings is 1. The molecule has 0 bridgehead atoms. The molecule has 5 heteroatoms. The molecule has 102 valence electrons. The molecule has 0 saturated heterocycles. The van der Waals surface area contributed by atoms with Crippen LogP contribution in [0.5, 0.6) is 0 Å². The number of carbonyl (C=O) groups excluding carboxylic acids is 2. The fourth-order valence-electron chi connectivity index (χ4n) is 2.57. The predicted molar refractivity (Wildman–Crippen MR) is 80.8 cm³/mol. The first-order chi connectivity index (χ1) is 9.47. The number of hydrogen-bond donors (Lipinski definition) is 0. The summed E-state index contributed by atoms with van der Waals surface area (Å²) in [6.45, 7) is 4.23. The number of rotatable bonds is 2. The molecule has 2 heterocycles. The number of anilines is 1. The second kappa shape index (κ2) is 4.72. The maximum Gasteiger partial charge on any atom is 0.299 e. The number of nitrogens with zero attached hydrogens (tertiary/aromatic N) is 1. The maximum atomic E-state index is 12.2. The van der Waals surface area contributed by atoms with E-state index in [2.05, 4.69) is 0 Å². The summed E-state index contributed by atoms with van der Waals surface area (Å²) in [6.07, 6.45) is 0. The number of aryl methyl sites for hydroxylation is 2. The average Bonchev–Trinajstić information content (AvgIpc) is 2.88. The Morgan fingerprint density at radius 3 is 2.60 bits per heavy atom. The van der Waals surface area contributed by atoms with Gasteiger partial charge < -0.3 is 0 Å². The van der Waals surface area contributed by atoms with E-state index in [-0.39, 0.29) is 0 Å². The van der Waals surface area contributed by atoms with Gasteiger partial charge in [0.05, 0.1) is 22.1 Å². The molecular weight excluding hydrogens is 294 g/mol. The van der Waals surface area contributed by atoms with Gasteiger partial charge in [0, 0.05) is 4.88 Å². The van der Waals surface area contributed by atoms with Crippen LogP contribution in [0.2, 0.25) is 4.34 Å². The SMILES string of the molecule is Cc1cc(C)c2c(c1)C(=O)C(=O)N2Cc1ccc(Cl)s1. The van der Waals surface area contributed by atoms with Crippen molar-refractivity contribution >= 4 is 40.3 Å². The molecule has 0 unspecified atom stereocenters. The Bertz CT molecular complexity index is 735. The number of amides is 1. The Kier molecular flexibility index (Phi) is 3.15. The van der Waals surface area contributed by atoms with Gasteiger partial charge in [-0.15, -0.1) is 11.3 Å². The second-order valence-corrected chi connectivity index (χ2v) is 6.70. The molecule has 1 aliphatic heterocycles. The predicted octanol–water partition coefficient (Wildman–Crippen LogP) is 3.75. The third-order valence-corrected chi connectivity index (χ3v) is 4.56. The molecule has 1 aromatic carbocycles. The number of ketones is 1. The normalized spacial score (nSPS) is 14.1. The fourth-order valence-corrected chi connectivity index (χ4v) is 3.65. The van der Waals surface area contributed by atoms with Gasteiger partial charge >= 0.3 is 0 Å². The Hall–Kier alpha value is -1.65.